The highest BCUT2D eigenvalue weighted by atomic mass is 16.1. The van der Waals surface area contributed by atoms with Crippen LogP contribution >= 0.6 is 0 Å². The van der Waals surface area contributed by atoms with Crippen LogP contribution in [-0.4, -0.2) is 57.6 Å². The van der Waals surface area contributed by atoms with Crippen molar-refractivity contribution in [2.24, 2.45) is 0 Å². The molecular formula is C20H27N7O. The van der Waals surface area contributed by atoms with Crippen molar-refractivity contribution in [2.75, 3.05) is 42.5 Å². The van der Waals surface area contributed by atoms with E-state index >= 15 is 0 Å². The Balaban J connectivity index is 1.33. The van der Waals surface area contributed by atoms with E-state index in [4.69, 9.17) is 9.97 Å². The zero-order valence-electron chi connectivity index (χ0n) is 16.2. The van der Waals surface area contributed by atoms with E-state index in [1.54, 1.807) is 0 Å². The minimum absolute atomic E-state index is 0.0323. The summed E-state index contributed by atoms with van der Waals surface area (Å²) in [6.45, 7) is 6.36. The summed E-state index contributed by atoms with van der Waals surface area (Å²) in [5, 5.41) is 0. The van der Waals surface area contributed by atoms with Crippen LogP contribution < -0.4 is 15.4 Å². The maximum Gasteiger partial charge on any atom is 0.255 e. The van der Waals surface area contributed by atoms with Crippen LogP contribution in [0.5, 0.6) is 0 Å². The number of aromatic amines is 1. The van der Waals surface area contributed by atoms with Gasteiger partial charge in [0.1, 0.15) is 0 Å². The van der Waals surface area contributed by atoms with E-state index in [9.17, 15) is 4.79 Å². The fraction of sp³-hybridized carbons (Fsp3) is 0.600. The monoisotopic (exact) mass is 381 g/mol. The predicted molar refractivity (Wildman–Crippen MR) is 108 cm³/mol. The molecule has 3 aliphatic heterocycles. The van der Waals surface area contributed by atoms with Crippen molar-refractivity contribution in [3.8, 4) is 0 Å². The van der Waals surface area contributed by atoms with Gasteiger partial charge in [0.05, 0.1) is 11.4 Å². The third-order valence-electron chi connectivity index (χ3n) is 6.02. The molecule has 0 aromatic carbocycles. The fourth-order valence-corrected chi connectivity index (χ4v) is 4.47. The van der Waals surface area contributed by atoms with Gasteiger partial charge in [-0.2, -0.15) is 0 Å². The third kappa shape index (κ3) is 3.48. The number of nitrogens with one attached hydrogen (secondary N) is 1. The number of fused-ring (bicyclic) bond motifs is 1. The second-order valence-corrected chi connectivity index (χ2v) is 8.01. The van der Waals surface area contributed by atoms with E-state index in [1.807, 2.05) is 12.3 Å². The Morgan fingerprint density at radius 2 is 1.71 bits per heavy atom. The van der Waals surface area contributed by atoms with Crippen molar-refractivity contribution < 1.29 is 0 Å². The van der Waals surface area contributed by atoms with Gasteiger partial charge in [0.15, 0.2) is 0 Å². The van der Waals surface area contributed by atoms with Crippen LogP contribution in [0.25, 0.3) is 0 Å². The minimum atomic E-state index is 0.0323. The Hall–Kier alpha value is -2.48. The largest absolute Gasteiger partial charge is 0.342 e. The third-order valence-corrected chi connectivity index (χ3v) is 6.02. The summed E-state index contributed by atoms with van der Waals surface area (Å²) in [6, 6.07) is 2.00. The first kappa shape index (κ1) is 17.6. The van der Waals surface area contributed by atoms with E-state index in [-0.39, 0.29) is 5.56 Å². The van der Waals surface area contributed by atoms with Gasteiger partial charge >= 0.3 is 0 Å². The highest BCUT2D eigenvalue weighted by molar-refractivity contribution is 5.35. The number of H-pyrrole nitrogens is 1. The molecule has 5 heterocycles. The molecular weight excluding hydrogens is 354 g/mol. The maximum atomic E-state index is 12.5. The summed E-state index contributed by atoms with van der Waals surface area (Å²) in [7, 11) is 0. The van der Waals surface area contributed by atoms with E-state index in [1.165, 1.54) is 25.7 Å². The fourth-order valence-electron chi connectivity index (χ4n) is 4.47. The van der Waals surface area contributed by atoms with Gasteiger partial charge in [0, 0.05) is 57.6 Å². The molecule has 2 saturated heterocycles. The predicted octanol–water partition coefficient (Wildman–Crippen LogP) is 1.32. The first-order valence-electron chi connectivity index (χ1n) is 10.4. The number of rotatable bonds is 4. The van der Waals surface area contributed by atoms with Crippen molar-refractivity contribution in [1.29, 1.82) is 0 Å². The highest BCUT2D eigenvalue weighted by Gasteiger charge is 2.24. The minimum Gasteiger partial charge on any atom is -0.342 e. The Kier molecular flexibility index (Phi) is 4.72. The van der Waals surface area contributed by atoms with Crippen LogP contribution in [0.1, 0.15) is 42.6 Å². The average molecular weight is 381 g/mol. The molecule has 8 heteroatoms. The number of aromatic nitrogens is 4. The smallest absolute Gasteiger partial charge is 0.255 e. The number of anilines is 2. The Morgan fingerprint density at radius 1 is 0.964 bits per heavy atom. The average Bonchev–Trinajstić information content (AvgIpc) is 3.42. The lowest BCUT2D eigenvalue weighted by atomic mass is 10.1. The summed E-state index contributed by atoms with van der Waals surface area (Å²) in [5.74, 6) is 1.58. The van der Waals surface area contributed by atoms with Gasteiger partial charge < -0.3 is 9.80 Å². The standard InChI is InChI=1S/C20H27N7O/c28-18-16-6-12-25(14-17(16)23-20(24-18)27-10-3-4-11-27)13-15-5-7-21-19(22-15)26-8-1-2-9-26/h5,7H,1-4,6,8-14H2,(H,23,24,28). The van der Waals surface area contributed by atoms with Gasteiger partial charge in [-0.25, -0.2) is 15.0 Å². The molecule has 2 fully saturated rings. The van der Waals surface area contributed by atoms with Crippen LogP contribution in [0.4, 0.5) is 11.9 Å². The molecule has 1 N–H and O–H groups in total. The van der Waals surface area contributed by atoms with Crippen molar-refractivity contribution in [3.05, 3.63) is 39.6 Å². The quantitative estimate of drug-likeness (QED) is 0.855. The second-order valence-electron chi connectivity index (χ2n) is 8.01. The number of hydrogen-bond acceptors (Lipinski definition) is 7. The van der Waals surface area contributed by atoms with E-state index in [0.717, 1.165) is 74.5 Å². The Morgan fingerprint density at radius 3 is 2.50 bits per heavy atom. The van der Waals surface area contributed by atoms with Crippen LogP contribution in [0.2, 0.25) is 0 Å². The summed E-state index contributed by atoms with van der Waals surface area (Å²) < 4.78 is 0. The summed E-state index contributed by atoms with van der Waals surface area (Å²) in [4.78, 5) is 36.4. The molecule has 0 amide bonds. The van der Waals surface area contributed by atoms with Crippen molar-refractivity contribution >= 4 is 11.9 Å². The molecule has 8 nitrogen and oxygen atoms in total. The molecule has 0 radical (unpaired) electrons. The van der Waals surface area contributed by atoms with Crippen LogP contribution in [0, 0.1) is 0 Å². The molecule has 2 aromatic rings. The molecule has 0 saturated carbocycles. The van der Waals surface area contributed by atoms with Gasteiger partial charge in [0.25, 0.3) is 5.56 Å². The lowest BCUT2D eigenvalue weighted by Gasteiger charge is -2.28. The SMILES string of the molecule is O=c1[nH]c(N2CCCC2)nc2c1CCN(Cc1ccnc(N3CCCC3)n1)C2. The van der Waals surface area contributed by atoms with Crippen molar-refractivity contribution in [3.63, 3.8) is 0 Å². The molecule has 0 unspecified atom stereocenters. The van der Waals surface area contributed by atoms with E-state index in [0.29, 0.717) is 6.54 Å². The normalized spacial score (nSPS) is 20.0. The van der Waals surface area contributed by atoms with Gasteiger partial charge in [-0.3, -0.25) is 14.7 Å². The zero-order valence-corrected chi connectivity index (χ0v) is 16.2. The maximum absolute atomic E-state index is 12.5. The van der Waals surface area contributed by atoms with Crippen LogP contribution in [-0.2, 0) is 19.5 Å². The molecule has 28 heavy (non-hydrogen) atoms. The highest BCUT2D eigenvalue weighted by Crippen LogP contribution is 2.21. The molecule has 3 aliphatic rings. The number of hydrogen-bond donors (Lipinski definition) is 1. The van der Waals surface area contributed by atoms with E-state index < -0.39 is 0 Å². The first-order valence-corrected chi connectivity index (χ1v) is 10.4. The van der Waals surface area contributed by atoms with Crippen molar-refractivity contribution in [2.45, 2.75) is 45.2 Å². The van der Waals surface area contributed by atoms with Crippen LogP contribution in [0.15, 0.2) is 17.1 Å². The van der Waals surface area contributed by atoms with Gasteiger partial charge in [-0.1, -0.05) is 0 Å². The zero-order chi connectivity index (χ0) is 18.9. The molecule has 0 aliphatic carbocycles. The topological polar surface area (TPSA) is 81.2 Å². The van der Waals surface area contributed by atoms with Gasteiger partial charge in [0.2, 0.25) is 11.9 Å². The molecule has 148 valence electrons. The molecule has 2 aromatic heterocycles. The Labute approximate surface area is 164 Å². The molecule has 0 bridgehead atoms. The van der Waals surface area contributed by atoms with E-state index in [2.05, 4.69) is 24.7 Å². The lowest BCUT2D eigenvalue weighted by molar-refractivity contribution is 0.237. The molecule has 0 atom stereocenters. The molecule has 0 spiro atoms. The van der Waals surface area contributed by atoms with Gasteiger partial charge in [-0.05, 0) is 38.2 Å². The first-order chi connectivity index (χ1) is 13.8. The van der Waals surface area contributed by atoms with Crippen LogP contribution in [0.3, 0.4) is 0 Å². The Bertz CT molecular complexity index is 900. The lowest BCUT2D eigenvalue weighted by Crippen LogP contribution is -2.36. The summed E-state index contributed by atoms with van der Waals surface area (Å²) >= 11 is 0. The van der Waals surface area contributed by atoms with Gasteiger partial charge in [-0.15, -0.1) is 0 Å². The van der Waals surface area contributed by atoms with Crippen molar-refractivity contribution in [1.82, 2.24) is 24.8 Å². The summed E-state index contributed by atoms with van der Waals surface area (Å²) in [5.41, 5.74) is 2.83. The number of nitrogens with zero attached hydrogens (tertiary/aromatic N) is 6. The summed E-state index contributed by atoms with van der Waals surface area (Å²) in [6.07, 6.45) is 7.37. The second kappa shape index (κ2) is 7.50. The molecule has 5 rings (SSSR count).